The van der Waals surface area contributed by atoms with Crippen molar-refractivity contribution < 1.29 is 4.42 Å². The number of anilines is 3. The number of benzene rings is 7. The first-order valence-corrected chi connectivity index (χ1v) is 16.0. The van der Waals surface area contributed by atoms with Gasteiger partial charge in [0, 0.05) is 44.1 Å². The Balaban J connectivity index is 1.22. The molecule has 0 aliphatic carbocycles. The third-order valence-corrected chi connectivity index (χ3v) is 9.22. The first-order valence-electron chi connectivity index (χ1n) is 16.0. The van der Waals surface area contributed by atoms with E-state index in [2.05, 4.69) is 89.8 Å². The predicted octanol–water partition coefficient (Wildman–Crippen LogP) is 11.4. The number of hydrogen-bond acceptors (Lipinski definition) is 5. The number of furan rings is 1. The molecule has 5 heteroatoms. The minimum atomic E-state index is 0.613. The van der Waals surface area contributed by atoms with E-state index < -0.39 is 0 Å². The highest BCUT2D eigenvalue weighted by Crippen LogP contribution is 2.54. The summed E-state index contributed by atoms with van der Waals surface area (Å²) in [6, 6.07) is 54.4. The highest BCUT2D eigenvalue weighted by molar-refractivity contribution is 6.20. The van der Waals surface area contributed by atoms with Crippen molar-refractivity contribution in [3.8, 4) is 45.3 Å². The minimum absolute atomic E-state index is 0.613. The lowest BCUT2D eigenvalue weighted by Crippen LogP contribution is -2.15. The average molecular weight is 615 g/mol. The molecule has 7 aromatic carbocycles. The molecule has 0 saturated carbocycles. The second-order valence-corrected chi connectivity index (χ2v) is 12.0. The Morgan fingerprint density at radius 2 is 1.08 bits per heavy atom. The second-order valence-electron chi connectivity index (χ2n) is 12.0. The van der Waals surface area contributed by atoms with Crippen LogP contribution in [-0.4, -0.2) is 15.0 Å². The molecule has 0 bridgehead atoms. The van der Waals surface area contributed by atoms with E-state index in [1.165, 1.54) is 16.3 Å². The van der Waals surface area contributed by atoms with Gasteiger partial charge in [0.15, 0.2) is 23.1 Å². The van der Waals surface area contributed by atoms with Crippen LogP contribution >= 0.6 is 0 Å². The summed E-state index contributed by atoms with van der Waals surface area (Å²) in [4.78, 5) is 17.3. The third kappa shape index (κ3) is 4.08. The average Bonchev–Trinajstić information content (AvgIpc) is 3.55. The lowest BCUT2D eigenvalue weighted by molar-refractivity contribution is 0.669. The fraction of sp³-hybridized carbons (Fsp3) is 0. The first kappa shape index (κ1) is 26.6. The third-order valence-electron chi connectivity index (χ3n) is 9.22. The van der Waals surface area contributed by atoms with Crippen molar-refractivity contribution >= 4 is 49.8 Å². The standard InChI is InChI=1S/C43H26N4O/c1-3-12-28(13-4-1)41-44-42(29-14-5-2-6-15-29)46-43(45-41)30-18-9-19-31(26-30)47-36-22-11-17-27-16-10-21-33(38(27)36)34-24-25-35-32-20-7-8-23-37(32)48-40(35)39(34)47/h1-26H. The number of nitrogens with zero attached hydrogens (tertiary/aromatic N) is 4. The molecule has 2 aromatic heterocycles. The highest BCUT2D eigenvalue weighted by atomic mass is 16.3. The molecule has 0 amide bonds. The first-order chi connectivity index (χ1) is 23.8. The molecule has 5 nitrogen and oxygen atoms in total. The Kier molecular flexibility index (Phi) is 5.81. The van der Waals surface area contributed by atoms with Crippen molar-refractivity contribution in [3.05, 3.63) is 158 Å². The molecule has 9 aromatic rings. The summed E-state index contributed by atoms with van der Waals surface area (Å²) in [6.07, 6.45) is 0. The quantitative estimate of drug-likeness (QED) is 0.197. The molecule has 0 atom stereocenters. The van der Waals surface area contributed by atoms with Crippen molar-refractivity contribution in [2.75, 3.05) is 4.90 Å². The normalized spacial score (nSPS) is 12.1. The van der Waals surface area contributed by atoms with Crippen molar-refractivity contribution in [2.24, 2.45) is 0 Å². The van der Waals surface area contributed by atoms with Gasteiger partial charge in [0.2, 0.25) is 0 Å². The van der Waals surface area contributed by atoms with Gasteiger partial charge in [-0.1, -0.05) is 127 Å². The monoisotopic (exact) mass is 614 g/mol. The van der Waals surface area contributed by atoms with Gasteiger partial charge in [-0.2, -0.15) is 0 Å². The minimum Gasteiger partial charge on any atom is -0.454 e. The van der Waals surface area contributed by atoms with Crippen LogP contribution in [0.15, 0.2) is 162 Å². The van der Waals surface area contributed by atoms with Gasteiger partial charge in [-0.3, -0.25) is 0 Å². The lowest BCUT2D eigenvalue weighted by Gasteiger charge is -2.33. The maximum absolute atomic E-state index is 6.68. The van der Waals surface area contributed by atoms with Gasteiger partial charge in [0.25, 0.3) is 0 Å². The molecular weight excluding hydrogens is 589 g/mol. The molecule has 0 fully saturated rings. The predicted molar refractivity (Wildman–Crippen MR) is 195 cm³/mol. The molecule has 1 aliphatic rings. The van der Waals surface area contributed by atoms with Crippen LogP contribution in [0.1, 0.15) is 0 Å². The summed E-state index contributed by atoms with van der Waals surface area (Å²) in [7, 11) is 0. The van der Waals surface area contributed by atoms with Gasteiger partial charge in [-0.25, -0.2) is 15.0 Å². The van der Waals surface area contributed by atoms with Crippen LogP contribution in [0.25, 0.3) is 78.0 Å². The summed E-state index contributed by atoms with van der Waals surface area (Å²) in [5, 5.41) is 4.60. The van der Waals surface area contributed by atoms with Crippen LogP contribution in [0.2, 0.25) is 0 Å². The molecule has 10 rings (SSSR count). The van der Waals surface area contributed by atoms with E-state index in [9.17, 15) is 0 Å². The van der Waals surface area contributed by atoms with Gasteiger partial charge < -0.3 is 9.32 Å². The summed E-state index contributed by atoms with van der Waals surface area (Å²) in [6.45, 7) is 0. The molecule has 3 heterocycles. The van der Waals surface area contributed by atoms with Crippen molar-refractivity contribution in [3.63, 3.8) is 0 Å². The molecule has 0 spiro atoms. The maximum atomic E-state index is 6.68. The van der Waals surface area contributed by atoms with E-state index in [1.807, 2.05) is 72.8 Å². The van der Waals surface area contributed by atoms with Gasteiger partial charge in [-0.15, -0.1) is 0 Å². The van der Waals surface area contributed by atoms with Crippen LogP contribution in [0.3, 0.4) is 0 Å². The summed E-state index contributed by atoms with van der Waals surface area (Å²) in [5.74, 6) is 1.88. The second kappa shape index (κ2) is 10.5. The maximum Gasteiger partial charge on any atom is 0.164 e. The van der Waals surface area contributed by atoms with Crippen LogP contribution in [0.5, 0.6) is 0 Å². The van der Waals surface area contributed by atoms with Gasteiger partial charge in [-0.05, 0) is 41.3 Å². The zero-order valence-electron chi connectivity index (χ0n) is 25.7. The molecule has 0 N–H and O–H groups in total. The molecule has 224 valence electrons. The Labute approximate surface area is 276 Å². The van der Waals surface area contributed by atoms with E-state index in [0.29, 0.717) is 17.5 Å². The molecular formula is C43H26N4O. The fourth-order valence-electron chi connectivity index (χ4n) is 7.06. The number of aromatic nitrogens is 3. The number of hydrogen-bond donors (Lipinski definition) is 0. The topological polar surface area (TPSA) is 55.1 Å². The molecule has 0 unspecified atom stereocenters. The summed E-state index contributed by atoms with van der Waals surface area (Å²) < 4.78 is 6.68. The smallest absolute Gasteiger partial charge is 0.164 e. The Morgan fingerprint density at radius 1 is 0.458 bits per heavy atom. The Morgan fingerprint density at radius 3 is 1.83 bits per heavy atom. The Hall–Kier alpha value is -6.59. The van der Waals surface area contributed by atoms with E-state index >= 15 is 0 Å². The van der Waals surface area contributed by atoms with Crippen LogP contribution in [0.4, 0.5) is 17.1 Å². The molecule has 48 heavy (non-hydrogen) atoms. The highest BCUT2D eigenvalue weighted by Gasteiger charge is 2.30. The molecule has 1 aliphatic heterocycles. The van der Waals surface area contributed by atoms with E-state index in [-0.39, 0.29) is 0 Å². The summed E-state index contributed by atoms with van der Waals surface area (Å²) in [5.41, 5.74) is 9.97. The zero-order valence-corrected chi connectivity index (χ0v) is 25.7. The largest absolute Gasteiger partial charge is 0.454 e. The summed E-state index contributed by atoms with van der Waals surface area (Å²) >= 11 is 0. The number of rotatable bonds is 4. The van der Waals surface area contributed by atoms with Crippen molar-refractivity contribution in [1.29, 1.82) is 0 Å². The lowest BCUT2D eigenvalue weighted by atomic mass is 9.90. The Bertz CT molecular complexity index is 2620. The fourth-order valence-corrected chi connectivity index (χ4v) is 7.06. The molecule has 0 radical (unpaired) electrons. The van der Waals surface area contributed by atoms with E-state index in [4.69, 9.17) is 19.4 Å². The van der Waals surface area contributed by atoms with Crippen molar-refractivity contribution in [1.82, 2.24) is 15.0 Å². The number of fused-ring (bicyclic) bond motifs is 6. The van der Waals surface area contributed by atoms with Crippen LogP contribution in [-0.2, 0) is 0 Å². The van der Waals surface area contributed by atoms with Crippen LogP contribution in [0, 0.1) is 0 Å². The van der Waals surface area contributed by atoms with Crippen molar-refractivity contribution in [2.45, 2.75) is 0 Å². The molecule has 0 saturated heterocycles. The van der Waals surface area contributed by atoms with Gasteiger partial charge in [0.1, 0.15) is 5.58 Å². The number of para-hydroxylation sites is 1. The zero-order chi connectivity index (χ0) is 31.6. The van der Waals surface area contributed by atoms with E-state index in [0.717, 1.165) is 61.3 Å². The van der Waals surface area contributed by atoms with Gasteiger partial charge in [0.05, 0.1) is 11.4 Å². The van der Waals surface area contributed by atoms with E-state index in [1.54, 1.807) is 0 Å². The van der Waals surface area contributed by atoms with Crippen LogP contribution < -0.4 is 4.90 Å². The van der Waals surface area contributed by atoms with Gasteiger partial charge >= 0.3 is 0 Å². The SMILES string of the molecule is c1ccc(-c2nc(-c3ccccc3)nc(-c3cccc(N4c5c(ccc6c5oc5ccccc56)-c5cccc6cccc4c56)c3)n2)cc1.